The average molecular weight is 336 g/mol. The van der Waals surface area contributed by atoms with Gasteiger partial charge in [-0.05, 0) is 50.3 Å². The molecule has 1 saturated carbocycles. The molecule has 3 atom stereocenters. The van der Waals surface area contributed by atoms with Gasteiger partial charge in [0, 0.05) is 0 Å². The Hall–Kier alpha value is -2.37. The molecule has 2 aliphatic heterocycles. The van der Waals surface area contributed by atoms with Gasteiger partial charge in [0.05, 0.1) is 12.7 Å². The van der Waals surface area contributed by atoms with E-state index in [1.54, 1.807) is 6.92 Å². The standard InChI is InChI=1S/C20H20N2O3/c1-4-24-17(23)18-9-6-5-7-16(18)20(21-2,22-3)13-19-10-8-15(25-19)11-14(19)12-18/h7-8,10-11,15H,4-6,9,12-13H2,1H3/t15?,18-,19+/m0/s1. The zero-order valence-electron chi connectivity index (χ0n) is 14.2. The van der Waals surface area contributed by atoms with E-state index in [4.69, 9.17) is 22.6 Å². The maximum Gasteiger partial charge on any atom is 0.510 e. The van der Waals surface area contributed by atoms with Crippen LogP contribution in [0.15, 0.2) is 35.5 Å². The first-order chi connectivity index (χ1) is 12.0. The Morgan fingerprint density at radius 3 is 2.92 bits per heavy atom. The molecule has 0 radical (unpaired) electrons. The van der Waals surface area contributed by atoms with Gasteiger partial charge < -0.3 is 9.47 Å². The van der Waals surface area contributed by atoms with Gasteiger partial charge in [0.15, 0.2) is 0 Å². The molecule has 1 fully saturated rings. The number of hydrogen-bond acceptors (Lipinski definition) is 3. The maximum absolute atomic E-state index is 13.1. The van der Waals surface area contributed by atoms with Crippen molar-refractivity contribution in [2.24, 2.45) is 5.41 Å². The maximum atomic E-state index is 13.1. The molecule has 2 bridgehead atoms. The fourth-order valence-electron chi connectivity index (χ4n) is 4.88. The number of nitrogens with zero attached hydrogens (tertiary/aromatic N) is 2. The van der Waals surface area contributed by atoms with E-state index in [0.717, 1.165) is 18.4 Å². The fourth-order valence-corrected chi connectivity index (χ4v) is 4.88. The highest BCUT2D eigenvalue weighted by molar-refractivity contribution is 5.83. The summed E-state index contributed by atoms with van der Waals surface area (Å²) in [6.45, 7) is 17.8. The lowest BCUT2D eigenvalue weighted by Crippen LogP contribution is -2.43. The first kappa shape index (κ1) is 16.1. The predicted octanol–water partition coefficient (Wildman–Crippen LogP) is 3.61. The lowest BCUT2D eigenvalue weighted by molar-refractivity contribution is -0.154. The first-order valence-electron chi connectivity index (χ1n) is 8.78. The summed E-state index contributed by atoms with van der Waals surface area (Å²) >= 11 is 0. The van der Waals surface area contributed by atoms with Crippen LogP contribution < -0.4 is 0 Å². The molecule has 0 amide bonds. The Morgan fingerprint density at radius 1 is 1.44 bits per heavy atom. The molecule has 128 valence electrons. The van der Waals surface area contributed by atoms with E-state index >= 15 is 0 Å². The fraction of sp³-hybridized carbons (Fsp3) is 0.550. The van der Waals surface area contributed by atoms with Crippen molar-refractivity contribution in [2.75, 3.05) is 6.61 Å². The molecular formula is C20H20N2O3. The van der Waals surface area contributed by atoms with Crippen LogP contribution in [-0.4, -0.2) is 29.9 Å². The Kier molecular flexibility index (Phi) is 3.42. The molecular weight excluding hydrogens is 316 g/mol. The van der Waals surface area contributed by atoms with Crippen molar-refractivity contribution < 1.29 is 14.3 Å². The largest absolute Gasteiger partial charge is 0.510 e. The minimum atomic E-state index is -1.41. The summed E-state index contributed by atoms with van der Waals surface area (Å²) < 4.78 is 11.6. The molecule has 5 nitrogen and oxygen atoms in total. The van der Waals surface area contributed by atoms with Gasteiger partial charge in [0.2, 0.25) is 0 Å². The number of allylic oxidation sites excluding steroid dienone is 1. The van der Waals surface area contributed by atoms with Crippen LogP contribution in [0.4, 0.5) is 0 Å². The van der Waals surface area contributed by atoms with E-state index in [2.05, 4.69) is 15.8 Å². The summed E-state index contributed by atoms with van der Waals surface area (Å²) in [6.07, 6.45) is 10.8. The average Bonchev–Trinajstić information content (AvgIpc) is 3.14. The second kappa shape index (κ2) is 5.31. The Bertz CT molecular complexity index is 796. The summed E-state index contributed by atoms with van der Waals surface area (Å²) in [5.74, 6) is -0.303. The molecule has 2 heterocycles. The van der Waals surface area contributed by atoms with Crippen molar-refractivity contribution in [1.82, 2.24) is 0 Å². The van der Waals surface area contributed by atoms with E-state index < -0.39 is 16.7 Å². The summed E-state index contributed by atoms with van der Waals surface area (Å²) in [5, 5.41) is 0. The van der Waals surface area contributed by atoms with E-state index in [1.165, 1.54) is 0 Å². The van der Waals surface area contributed by atoms with Crippen LogP contribution in [0.25, 0.3) is 9.69 Å². The Labute approximate surface area is 147 Å². The van der Waals surface area contributed by atoms with Crippen LogP contribution in [0.3, 0.4) is 0 Å². The van der Waals surface area contributed by atoms with Crippen molar-refractivity contribution >= 4 is 5.97 Å². The van der Waals surface area contributed by atoms with Gasteiger partial charge in [-0.2, -0.15) is 0 Å². The Morgan fingerprint density at radius 2 is 2.24 bits per heavy atom. The molecule has 2 aliphatic carbocycles. The molecule has 4 aliphatic rings. The third kappa shape index (κ3) is 2.00. The molecule has 1 spiro atoms. The topological polar surface area (TPSA) is 44.2 Å². The van der Waals surface area contributed by atoms with Gasteiger partial charge in [-0.15, -0.1) is 0 Å². The van der Waals surface area contributed by atoms with E-state index in [1.807, 2.05) is 18.2 Å². The van der Waals surface area contributed by atoms with Gasteiger partial charge in [0.25, 0.3) is 0 Å². The molecule has 4 rings (SSSR count). The second-order valence-electron chi connectivity index (χ2n) is 7.23. The Balaban J connectivity index is 1.94. The summed E-state index contributed by atoms with van der Waals surface area (Å²) in [5.41, 5.74) is -1.39. The van der Waals surface area contributed by atoms with Crippen LogP contribution in [0.2, 0.25) is 0 Å². The van der Waals surface area contributed by atoms with Crippen molar-refractivity contribution in [2.45, 2.75) is 56.4 Å². The van der Waals surface area contributed by atoms with Crippen molar-refractivity contribution in [3.8, 4) is 0 Å². The highest BCUT2D eigenvalue weighted by Gasteiger charge is 2.69. The number of hydrogen-bond donors (Lipinski definition) is 0. The smallest absolute Gasteiger partial charge is 0.465 e. The number of ether oxygens (including phenoxy) is 2. The molecule has 5 heteroatoms. The van der Waals surface area contributed by atoms with Gasteiger partial charge in [-0.25, -0.2) is 22.8 Å². The van der Waals surface area contributed by atoms with Crippen LogP contribution in [0.1, 0.15) is 39.0 Å². The van der Waals surface area contributed by atoms with E-state index in [0.29, 0.717) is 25.0 Å². The van der Waals surface area contributed by atoms with Gasteiger partial charge in [-0.3, -0.25) is 4.79 Å². The predicted molar refractivity (Wildman–Crippen MR) is 91.0 cm³/mol. The zero-order valence-corrected chi connectivity index (χ0v) is 14.2. The normalized spacial score (nSPS) is 36.8. The molecule has 1 unspecified atom stereocenters. The lowest BCUT2D eigenvalue weighted by atomic mass is 9.66. The van der Waals surface area contributed by atoms with E-state index in [-0.39, 0.29) is 18.5 Å². The van der Waals surface area contributed by atoms with Gasteiger partial charge >= 0.3 is 11.6 Å². The number of esters is 1. The van der Waals surface area contributed by atoms with Crippen molar-refractivity contribution in [3.05, 3.63) is 58.3 Å². The summed E-state index contributed by atoms with van der Waals surface area (Å²) in [6, 6.07) is 0. The monoisotopic (exact) mass is 336 g/mol. The molecule has 0 aromatic heterocycles. The second-order valence-corrected chi connectivity index (χ2v) is 7.23. The minimum Gasteiger partial charge on any atom is -0.465 e. The highest BCUT2D eigenvalue weighted by atomic mass is 16.5. The van der Waals surface area contributed by atoms with Crippen LogP contribution in [-0.2, 0) is 14.3 Å². The van der Waals surface area contributed by atoms with Crippen LogP contribution in [0.5, 0.6) is 0 Å². The van der Waals surface area contributed by atoms with Crippen LogP contribution in [0, 0.1) is 18.6 Å². The number of rotatable bonds is 2. The molecule has 25 heavy (non-hydrogen) atoms. The van der Waals surface area contributed by atoms with Crippen molar-refractivity contribution in [3.63, 3.8) is 0 Å². The minimum absolute atomic E-state index is 0.113. The third-order valence-electron chi connectivity index (χ3n) is 5.95. The first-order valence-corrected chi connectivity index (χ1v) is 8.78. The molecule has 0 N–H and O–H groups in total. The van der Waals surface area contributed by atoms with E-state index in [9.17, 15) is 4.79 Å². The zero-order chi connectivity index (χ0) is 17.7. The number of carbonyl (C=O) groups is 1. The molecule has 0 aromatic rings. The quantitative estimate of drug-likeness (QED) is 0.440. The number of fused-ring (bicyclic) bond motifs is 2. The molecule has 0 aromatic carbocycles. The number of carbonyl (C=O) groups excluding carboxylic acids is 1. The summed E-state index contributed by atoms with van der Waals surface area (Å²) in [4.78, 5) is 20.6. The third-order valence-corrected chi connectivity index (χ3v) is 5.95. The lowest BCUT2D eigenvalue weighted by Gasteiger charge is -2.35. The summed E-state index contributed by atoms with van der Waals surface area (Å²) in [7, 11) is 0. The van der Waals surface area contributed by atoms with Gasteiger partial charge in [0.1, 0.15) is 23.0 Å². The SMILES string of the molecule is [C-]#[N+]C1([N+]#[C-])C[C@]23C=CC(C=C2C[C@@]2(C(=O)OCC)CCCC=C12)O3. The van der Waals surface area contributed by atoms with Crippen LogP contribution >= 0.6 is 0 Å². The highest BCUT2D eigenvalue weighted by Crippen LogP contribution is 2.60. The molecule has 0 saturated heterocycles. The van der Waals surface area contributed by atoms with Gasteiger partial charge in [-0.1, -0.05) is 12.2 Å². The van der Waals surface area contributed by atoms with Crippen molar-refractivity contribution in [1.29, 1.82) is 0 Å².